The Bertz CT molecular complexity index is 1170. The first-order chi connectivity index (χ1) is 14.0. The van der Waals surface area contributed by atoms with Crippen molar-refractivity contribution in [2.24, 2.45) is 0 Å². The van der Waals surface area contributed by atoms with Crippen LogP contribution in [0.2, 0.25) is 5.02 Å². The van der Waals surface area contributed by atoms with Crippen molar-refractivity contribution in [3.05, 3.63) is 64.8 Å². The number of nitrogens with zero attached hydrogens (tertiary/aromatic N) is 3. The molecule has 3 aromatic rings. The molecule has 0 aliphatic carbocycles. The fraction of sp³-hybridized carbons (Fsp3) is 0.286. The second-order valence-corrected chi connectivity index (χ2v) is 9.78. The van der Waals surface area contributed by atoms with E-state index in [-0.39, 0.29) is 10.6 Å². The highest BCUT2D eigenvalue weighted by atomic mass is 35.5. The molecule has 1 saturated heterocycles. The second-order valence-electron chi connectivity index (χ2n) is 7.38. The first kappa shape index (κ1) is 18.8. The van der Waals surface area contributed by atoms with Crippen molar-refractivity contribution in [2.75, 3.05) is 26.3 Å². The van der Waals surface area contributed by atoms with E-state index in [9.17, 15) is 8.42 Å². The lowest BCUT2D eigenvalue weighted by Gasteiger charge is -2.26. The van der Waals surface area contributed by atoms with Crippen LogP contribution in [0.25, 0.3) is 16.9 Å². The Morgan fingerprint density at radius 1 is 1.07 bits per heavy atom. The van der Waals surface area contributed by atoms with Crippen LogP contribution in [0.5, 0.6) is 0 Å². The van der Waals surface area contributed by atoms with E-state index >= 15 is 0 Å². The molecule has 2 aliphatic heterocycles. The molecule has 150 valence electrons. The SMILES string of the molecule is O=S1(=O)Cc2cnn(-c3ccc(CN4CCOCC4)cc3)c2-c2ccc(Cl)cc21. The minimum atomic E-state index is -3.42. The van der Waals surface area contributed by atoms with Gasteiger partial charge < -0.3 is 4.74 Å². The third-order valence-corrected chi connectivity index (χ3v) is 7.35. The van der Waals surface area contributed by atoms with Crippen molar-refractivity contribution < 1.29 is 13.2 Å². The number of hydrogen-bond donors (Lipinski definition) is 0. The van der Waals surface area contributed by atoms with Gasteiger partial charge in [-0.15, -0.1) is 0 Å². The second kappa shape index (κ2) is 7.25. The Balaban J connectivity index is 1.50. The van der Waals surface area contributed by atoms with Gasteiger partial charge in [0.15, 0.2) is 9.84 Å². The number of sulfone groups is 1. The highest BCUT2D eigenvalue weighted by Crippen LogP contribution is 2.40. The summed E-state index contributed by atoms with van der Waals surface area (Å²) >= 11 is 6.06. The summed E-state index contributed by atoms with van der Waals surface area (Å²) in [6.07, 6.45) is 1.64. The first-order valence-corrected chi connectivity index (χ1v) is 11.5. The molecule has 0 amide bonds. The fourth-order valence-electron chi connectivity index (χ4n) is 3.96. The smallest absolute Gasteiger partial charge is 0.183 e. The first-order valence-electron chi connectivity index (χ1n) is 9.50. The van der Waals surface area contributed by atoms with Crippen LogP contribution in [0.4, 0.5) is 0 Å². The third-order valence-electron chi connectivity index (χ3n) is 5.42. The van der Waals surface area contributed by atoms with E-state index < -0.39 is 9.84 Å². The Morgan fingerprint density at radius 2 is 1.83 bits per heavy atom. The lowest BCUT2D eigenvalue weighted by atomic mass is 10.1. The Hall–Kier alpha value is -2.19. The van der Waals surface area contributed by atoms with Crippen LogP contribution in [-0.2, 0) is 26.9 Å². The normalized spacial score (nSPS) is 18.2. The number of halogens is 1. The van der Waals surface area contributed by atoms with Crippen LogP contribution < -0.4 is 0 Å². The van der Waals surface area contributed by atoms with E-state index in [2.05, 4.69) is 22.1 Å². The molecular formula is C21H20ClN3O3S. The monoisotopic (exact) mass is 429 g/mol. The van der Waals surface area contributed by atoms with Crippen molar-refractivity contribution >= 4 is 21.4 Å². The molecular weight excluding hydrogens is 410 g/mol. The summed E-state index contributed by atoms with van der Waals surface area (Å²) in [6.45, 7) is 4.35. The van der Waals surface area contributed by atoms with Crippen molar-refractivity contribution in [2.45, 2.75) is 17.2 Å². The summed E-state index contributed by atoms with van der Waals surface area (Å²) in [5, 5.41) is 4.90. The molecule has 1 fully saturated rings. The number of fused-ring (bicyclic) bond motifs is 3. The van der Waals surface area contributed by atoms with Gasteiger partial charge in [0.1, 0.15) is 0 Å². The average Bonchev–Trinajstić information content (AvgIpc) is 3.12. The minimum Gasteiger partial charge on any atom is -0.379 e. The van der Waals surface area contributed by atoms with Gasteiger partial charge in [-0.05, 0) is 29.8 Å². The zero-order valence-corrected chi connectivity index (χ0v) is 17.3. The van der Waals surface area contributed by atoms with Crippen LogP contribution in [0.3, 0.4) is 0 Å². The maximum Gasteiger partial charge on any atom is 0.183 e. The van der Waals surface area contributed by atoms with E-state index in [0.717, 1.165) is 44.2 Å². The molecule has 1 aromatic heterocycles. The van der Waals surface area contributed by atoms with Crippen molar-refractivity contribution in [1.29, 1.82) is 0 Å². The van der Waals surface area contributed by atoms with Crippen LogP contribution in [0.1, 0.15) is 11.1 Å². The molecule has 29 heavy (non-hydrogen) atoms. The maximum atomic E-state index is 12.7. The van der Waals surface area contributed by atoms with Gasteiger partial charge in [-0.3, -0.25) is 4.90 Å². The Morgan fingerprint density at radius 3 is 2.59 bits per heavy atom. The quantitative estimate of drug-likeness (QED) is 0.639. The Labute approximate surface area is 174 Å². The molecule has 5 rings (SSSR count). The molecule has 0 saturated carbocycles. The van der Waals surface area contributed by atoms with Crippen LogP contribution in [-0.4, -0.2) is 49.4 Å². The largest absolute Gasteiger partial charge is 0.379 e. The summed E-state index contributed by atoms with van der Waals surface area (Å²) in [5.74, 6) is -0.0647. The van der Waals surface area contributed by atoms with Gasteiger partial charge in [0, 0.05) is 35.8 Å². The van der Waals surface area contributed by atoms with Gasteiger partial charge in [-0.2, -0.15) is 5.10 Å². The van der Waals surface area contributed by atoms with Crippen molar-refractivity contribution in [1.82, 2.24) is 14.7 Å². The third kappa shape index (κ3) is 3.48. The van der Waals surface area contributed by atoms with E-state index in [1.165, 1.54) is 11.6 Å². The zero-order chi connectivity index (χ0) is 20.0. The maximum absolute atomic E-state index is 12.7. The molecule has 0 unspecified atom stereocenters. The van der Waals surface area contributed by atoms with Gasteiger partial charge in [-0.25, -0.2) is 13.1 Å². The Kier molecular flexibility index (Phi) is 4.70. The summed E-state index contributed by atoms with van der Waals surface area (Å²) in [4.78, 5) is 2.64. The van der Waals surface area contributed by atoms with Crippen LogP contribution >= 0.6 is 11.6 Å². The van der Waals surface area contributed by atoms with Gasteiger partial charge in [-0.1, -0.05) is 29.8 Å². The standard InChI is InChI=1S/C21H20ClN3O3S/c22-17-3-6-19-20(11-17)29(26,27)14-16-12-23-25(21(16)19)18-4-1-15(2-5-18)13-24-7-9-28-10-8-24/h1-6,11-12H,7-10,13-14H2. The zero-order valence-electron chi connectivity index (χ0n) is 15.7. The molecule has 3 heterocycles. The van der Waals surface area contributed by atoms with E-state index in [0.29, 0.717) is 16.1 Å². The number of aromatic nitrogens is 2. The predicted molar refractivity (Wildman–Crippen MR) is 111 cm³/mol. The number of hydrogen-bond acceptors (Lipinski definition) is 5. The van der Waals surface area contributed by atoms with Gasteiger partial charge >= 0.3 is 0 Å². The number of ether oxygens (including phenoxy) is 1. The van der Waals surface area contributed by atoms with E-state index in [1.54, 1.807) is 18.3 Å². The summed E-state index contributed by atoms with van der Waals surface area (Å²) in [7, 11) is -3.42. The lowest BCUT2D eigenvalue weighted by Crippen LogP contribution is -2.35. The number of benzene rings is 2. The summed E-state index contributed by atoms with van der Waals surface area (Å²) < 4.78 is 32.5. The molecule has 6 nitrogen and oxygen atoms in total. The predicted octanol–water partition coefficient (Wildman–Crippen LogP) is 3.31. The van der Waals surface area contributed by atoms with Crippen LogP contribution in [0.15, 0.2) is 53.6 Å². The van der Waals surface area contributed by atoms with Gasteiger partial charge in [0.2, 0.25) is 0 Å². The lowest BCUT2D eigenvalue weighted by molar-refractivity contribution is 0.0342. The molecule has 0 N–H and O–H groups in total. The number of morpholine rings is 1. The molecule has 2 aromatic carbocycles. The molecule has 0 radical (unpaired) electrons. The van der Waals surface area contributed by atoms with Crippen LogP contribution in [0, 0.1) is 0 Å². The highest BCUT2D eigenvalue weighted by Gasteiger charge is 2.31. The van der Waals surface area contributed by atoms with Crippen molar-refractivity contribution in [3.63, 3.8) is 0 Å². The summed E-state index contributed by atoms with van der Waals surface area (Å²) in [6, 6.07) is 13.3. The molecule has 2 aliphatic rings. The highest BCUT2D eigenvalue weighted by molar-refractivity contribution is 7.90. The van der Waals surface area contributed by atoms with Crippen molar-refractivity contribution in [3.8, 4) is 16.9 Å². The van der Waals surface area contributed by atoms with Gasteiger partial charge in [0.05, 0.1) is 41.4 Å². The van der Waals surface area contributed by atoms with E-state index in [1.807, 2.05) is 16.8 Å². The topological polar surface area (TPSA) is 64.4 Å². The fourth-order valence-corrected chi connectivity index (χ4v) is 5.78. The average molecular weight is 430 g/mol. The minimum absolute atomic E-state index is 0.0647. The van der Waals surface area contributed by atoms with Gasteiger partial charge in [0.25, 0.3) is 0 Å². The molecule has 0 atom stereocenters. The molecule has 0 spiro atoms. The molecule has 0 bridgehead atoms. The molecule has 8 heteroatoms. The summed E-state index contributed by atoms with van der Waals surface area (Å²) in [5.41, 5.74) is 4.29. The van der Waals surface area contributed by atoms with E-state index in [4.69, 9.17) is 16.3 Å². The number of rotatable bonds is 3.